The van der Waals surface area contributed by atoms with Gasteiger partial charge in [-0.15, -0.1) is 0 Å². The van der Waals surface area contributed by atoms with Gasteiger partial charge in [0.15, 0.2) is 18.5 Å². The lowest BCUT2D eigenvalue weighted by atomic mass is 9.99. The molecule has 1 aliphatic rings. The van der Waals surface area contributed by atoms with Gasteiger partial charge in [0, 0.05) is 12.8 Å². The van der Waals surface area contributed by atoms with Crippen molar-refractivity contribution in [2.45, 2.75) is 243 Å². The first kappa shape index (κ1) is 50.2. The number of aliphatic carboxylic acids is 1. The van der Waals surface area contributed by atoms with Crippen LogP contribution in [0.3, 0.4) is 0 Å². The standard InChI is InChI=1S/C43H80O11/c1-3-5-7-9-11-13-15-17-18-20-21-23-25-27-29-31-36(44)51-33-35(34-52-43-40(48)38(46)39(47)41(54-43)42(49)50)53-37(45)32-30-28-26-24-22-19-16-14-12-10-8-6-4-2/h35,38-41,43,46-48H,3-34H2,1-2H3,(H,49,50). The average Bonchev–Trinajstić information content (AvgIpc) is 3.15. The van der Waals surface area contributed by atoms with Crippen LogP contribution in [0, 0.1) is 0 Å². The zero-order chi connectivity index (χ0) is 39.7. The van der Waals surface area contributed by atoms with Gasteiger partial charge in [-0.1, -0.05) is 181 Å². The number of esters is 2. The summed E-state index contributed by atoms with van der Waals surface area (Å²) in [6.07, 6.45) is 24.4. The van der Waals surface area contributed by atoms with Gasteiger partial charge in [0.25, 0.3) is 0 Å². The van der Waals surface area contributed by atoms with Crippen molar-refractivity contribution >= 4 is 17.9 Å². The quantitative estimate of drug-likeness (QED) is 0.0351. The molecule has 6 unspecified atom stereocenters. The number of aliphatic hydroxyl groups is 3. The van der Waals surface area contributed by atoms with Gasteiger partial charge in [-0.2, -0.15) is 0 Å². The zero-order valence-corrected chi connectivity index (χ0v) is 34.2. The molecule has 54 heavy (non-hydrogen) atoms. The molecule has 0 aromatic carbocycles. The highest BCUT2D eigenvalue weighted by Gasteiger charge is 2.47. The largest absolute Gasteiger partial charge is 0.479 e. The van der Waals surface area contributed by atoms with E-state index in [4.69, 9.17) is 18.9 Å². The van der Waals surface area contributed by atoms with Gasteiger partial charge in [0.2, 0.25) is 0 Å². The van der Waals surface area contributed by atoms with Crippen molar-refractivity contribution < 1.29 is 53.8 Å². The monoisotopic (exact) mass is 773 g/mol. The van der Waals surface area contributed by atoms with E-state index in [9.17, 15) is 34.8 Å². The highest BCUT2D eigenvalue weighted by atomic mass is 16.7. The summed E-state index contributed by atoms with van der Waals surface area (Å²) < 4.78 is 21.7. The van der Waals surface area contributed by atoms with Crippen molar-refractivity contribution in [1.29, 1.82) is 0 Å². The Morgan fingerprint density at radius 3 is 1.26 bits per heavy atom. The number of carboxylic acids is 1. The molecule has 1 aliphatic heterocycles. The van der Waals surface area contributed by atoms with Crippen LogP contribution in [0.15, 0.2) is 0 Å². The van der Waals surface area contributed by atoms with Crippen LogP contribution < -0.4 is 0 Å². The van der Waals surface area contributed by atoms with E-state index in [-0.39, 0.29) is 26.1 Å². The summed E-state index contributed by atoms with van der Waals surface area (Å²) in [5.74, 6) is -2.43. The van der Waals surface area contributed by atoms with E-state index >= 15 is 0 Å². The molecule has 0 bridgehead atoms. The first-order valence-electron chi connectivity index (χ1n) is 22.1. The smallest absolute Gasteiger partial charge is 0.335 e. The molecule has 1 saturated heterocycles. The van der Waals surface area contributed by atoms with E-state index in [1.54, 1.807) is 0 Å². The van der Waals surface area contributed by atoms with Crippen molar-refractivity contribution in [3.8, 4) is 0 Å². The zero-order valence-electron chi connectivity index (χ0n) is 34.2. The molecule has 0 amide bonds. The van der Waals surface area contributed by atoms with Crippen molar-refractivity contribution in [2.75, 3.05) is 13.2 Å². The van der Waals surface area contributed by atoms with Gasteiger partial charge in [-0.05, 0) is 12.8 Å². The minimum atomic E-state index is -1.85. The molecule has 0 spiro atoms. The van der Waals surface area contributed by atoms with Crippen molar-refractivity contribution in [3.05, 3.63) is 0 Å². The Bertz CT molecular complexity index is 916. The van der Waals surface area contributed by atoms with Crippen LogP contribution in [0.5, 0.6) is 0 Å². The third-order valence-corrected chi connectivity index (χ3v) is 10.5. The molecule has 1 heterocycles. The van der Waals surface area contributed by atoms with Crippen LogP contribution in [-0.2, 0) is 33.3 Å². The molecule has 6 atom stereocenters. The van der Waals surface area contributed by atoms with Gasteiger partial charge in [-0.25, -0.2) is 4.79 Å². The van der Waals surface area contributed by atoms with Crippen molar-refractivity contribution in [2.24, 2.45) is 0 Å². The maximum Gasteiger partial charge on any atom is 0.335 e. The van der Waals surface area contributed by atoms with Gasteiger partial charge < -0.3 is 39.4 Å². The van der Waals surface area contributed by atoms with Crippen LogP contribution in [0.2, 0.25) is 0 Å². The van der Waals surface area contributed by atoms with Gasteiger partial charge >= 0.3 is 17.9 Å². The van der Waals surface area contributed by atoms with Gasteiger partial charge in [-0.3, -0.25) is 9.59 Å². The predicted octanol–water partition coefficient (Wildman–Crippen LogP) is 9.09. The topological polar surface area (TPSA) is 169 Å². The summed E-state index contributed by atoms with van der Waals surface area (Å²) >= 11 is 0. The van der Waals surface area contributed by atoms with Crippen LogP contribution in [0.25, 0.3) is 0 Å². The maximum absolute atomic E-state index is 12.7. The fourth-order valence-corrected chi connectivity index (χ4v) is 6.94. The number of hydrogen-bond acceptors (Lipinski definition) is 10. The number of hydrogen-bond donors (Lipinski definition) is 4. The molecule has 11 heteroatoms. The summed E-state index contributed by atoms with van der Waals surface area (Å²) in [5, 5.41) is 39.7. The third-order valence-electron chi connectivity index (χ3n) is 10.5. The molecule has 0 radical (unpaired) electrons. The molecule has 1 rings (SSSR count). The Morgan fingerprint density at radius 1 is 0.500 bits per heavy atom. The van der Waals surface area contributed by atoms with Crippen LogP contribution in [0.4, 0.5) is 0 Å². The molecule has 0 saturated carbocycles. The summed E-state index contributed by atoms with van der Waals surface area (Å²) in [4.78, 5) is 36.7. The first-order valence-corrected chi connectivity index (χ1v) is 22.1. The number of carboxylic acid groups (broad SMARTS) is 1. The van der Waals surface area contributed by atoms with E-state index < -0.39 is 54.7 Å². The fourth-order valence-electron chi connectivity index (χ4n) is 6.94. The van der Waals surface area contributed by atoms with E-state index in [0.717, 1.165) is 38.5 Å². The van der Waals surface area contributed by atoms with E-state index in [0.29, 0.717) is 12.8 Å². The Hall–Kier alpha value is -1.79. The second kappa shape index (κ2) is 34.5. The van der Waals surface area contributed by atoms with Gasteiger partial charge in [0.1, 0.15) is 24.9 Å². The fraction of sp³-hybridized carbons (Fsp3) is 0.930. The van der Waals surface area contributed by atoms with Crippen LogP contribution in [-0.4, -0.2) is 88.4 Å². The van der Waals surface area contributed by atoms with Crippen molar-refractivity contribution in [1.82, 2.24) is 0 Å². The lowest BCUT2D eigenvalue weighted by molar-refractivity contribution is -0.298. The second-order valence-corrected chi connectivity index (χ2v) is 15.6. The number of aliphatic hydroxyl groups excluding tert-OH is 3. The summed E-state index contributed by atoms with van der Waals surface area (Å²) in [7, 11) is 0. The molecule has 318 valence electrons. The lowest BCUT2D eigenvalue weighted by Gasteiger charge is -2.38. The Balaban J connectivity index is 2.36. The van der Waals surface area contributed by atoms with Crippen LogP contribution in [0.1, 0.15) is 206 Å². The average molecular weight is 773 g/mol. The van der Waals surface area contributed by atoms with Crippen molar-refractivity contribution in [3.63, 3.8) is 0 Å². The highest BCUT2D eigenvalue weighted by Crippen LogP contribution is 2.23. The van der Waals surface area contributed by atoms with E-state index in [2.05, 4.69) is 13.8 Å². The lowest BCUT2D eigenvalue weighted by Crippen LogP contribution is -2.60. The SMILES string of the molecule is CCCCCCCCCCCCCCCCCC(=O)OCC(COC1OC(C(=O)O)C(O)C(O)C1O)OC(=O)CCCCCCCCCCCCCCC. The molecule has 11 nitrogen and oxygen atoms in total. The van der Waals surface area contributed by atoms with E-state index in [1.807, 2.05) is 0 Å². The highest BCUT2D eigenvalue weighted by molar-refractivity contribution is 5.73. The Kier molecular flexibility index (Phi) is 32.1. The minimum absolute atomic E-state index is 0.190. The van der Waals surface area contributed by atoms with Crippen LogP contribution >= 0.6 is 0 Å². The number of unbranched alkanes of at least 4 members (excludes halogenated alkanes) is 26. The maximum atomic E-state index is 12.7. The minimum Gasteiger partial charge on any atom is -0.479 e. The molecular weight excluding hydrogens is 692 g/mol. The summed E-state index contributed by atoms with van der Waals surface area (Å²) in [5.41, 5.74) is 0. The molecule has 0 aliphatic carbocycles. The second-order valence-electron chi connectivity index (χ2n) is 15.6. The molecule has 4 N–H and O–H groups in total. The molecule has 1 fully saturated rings. The predicted molar refractivity (Wildman–Crippen MR) is 211 cm³/mol. The number of carbonyl (C=O) groups excluding carboxylic acids is 2. The third kappa shape index (κ3) is 26.1. The Labute approximate surface area is 327 Å². The molecule has 0 aromatic rings. The molecule has 0 aromatic heterocycles. The number of rotatable bonds is 37. The number of carbonyl (C=O) groups is 3. The normalized spacial score (nSPS) is 20.5. The summed E-state index contributed by atoms with van der Waals surface area (Å²) in [6, 6.07) is 0. The first-order chi connectivity index (χ1) is 26.2. The summed E-state index contributed by atoms with van der Waals surface area (Å²) in [6.45, 7) is 3.82. The van der Waals surface area contributed by atoms with E-state index in [1.165, 1.54) is 128 Å². The molecular formula is C43H80O11. The van der Waals surface area contributed by atoms with Gasteiger partial charge in [0.05, 0.1) is 6.61 Å². The Morgan fingerprint density at radius 2 is 0.870 bits per heavy atom. The number of ether oxygens (including phenoxy) is 4.